The lowest BCUT2D eigenvalue weighted by atomic mass is 9.94. The molecule has 0 unspecified atom stereocenters. The van der Waals surface area contributed by atoms with Gasteiger partial charge in [-0.3, -0.25) is 0 Å². The fraction of sp³-hybridized carbons (Fsp3) is 0.667. The van der Waals surface area contributed by atoms with Gasteiger partial charge in [0.2, 0.25) is 0 Å². The zero-order chi connectivity index (χ0) is 16.7. The summed E-state index contributed by atoms with van der Waals surface area (Å²) in [4.78, 5) is 4.47. The van der Waals surface area contributed by atoms with Crippen molar-refractivity contribution in [1.29, 1.82) is 0 Å². The third kappa shape index (κ3) is 6.45. The highest BCUT2D eigenvalue weighted by Crippen LogP contribution is 2.23. The molecule has 0 bridgehead atoms. The first-order chi connectivity index (χ1) is 11.0. The summed E-state index contributed by atoms with van der Waals surface area (Å²) in [7, 11) is 4.01. The lowest BCUT2D eigenvalue weighted by Gasteiger charge is -2.30. The van der Waals surface area contributed by atoms with Crippen LogP contribution < -0.4 is 4.74 Å². The number of nitrogens with zero attached hydrogens (tertiary/aromatic N) is 2. The van der Waals surface area contributed by atoms with Crippen molar-refractivity contribution in [2.24, 2.45) is 0 Å². The van der Waals surface area contributed by atoms with Crippen molar-refractivity contribution in [1.82, 2.24) is 9.80 Å². The number of halogens is 1. The number of hydrogen-bond acceptors (Lipinski definition) is 4. The van der Waals surface area contributed by atoms with E-state index in [9.17, 15) is 9.50 Å². The molecule has 0 radical (unpaired) electrons. The molecule has 23 heavy (non-hydrogen) atoms. The van der Waals surface area contributed by atoms with E-state index >= 15 is 0 Å². The highest BCUT2D eigenvalue weighted by Gasteiger charge is 2.30. The first-order valence-electron chi connectivity index (χ1n) is 8.45. The fourth-order valence-corrected chi connectivity index (χ4v) is 3.21. The van der Waals surface area contributed by atoms with Crippen molar-refractivity contribution < 1.29 is 14.2 Å². The standard InChI is InChI=1S/C18H29FN2O2/c1-20(2)15-18(22)9-3-11-21(13-10-18)12-4-14-23-17-7-5-16(19)6-8-17/h5-8,22H,3-4,9-15H2,1-2H3/t18-/m1/s1. The van der Waals surface area contributed by atoms with Crippen LogP contribution in [0.3, 0.4) is 0 Å². The minimum Gasteiger partial charge on any atom is -0.494 e. The predicted molar refractivity (Wildman–Crippen MR) is 90.3 cm³/mol. The smallest absolute Gasteiger partial charge is 0.123 e. The van der Waals surface area contributed by atoms with Gasteiger partial charge in [-0.25, -0.2) is 4.39 Å². The molecular weight excluding hydrogens is 295 g/mol. The van der Waals surface area contributed by atoms with Crippen molar-refractivity contribution >= 4 is 0 Å². The maximum Gasteiger partial charge on any atom is 0.123 e. The highest BCUT2D eigenvalue weighted by molar-refractivity contribution is 5.21. The van der Waals surface area contributed by atoms with E-state index in [4.69, 9.17) is 4.74 Å². The first-order valence-corrected chi connectivity index (χ1v) is 8.45. The van der Waals surface area contributed by atoms with Crippen LogP contribution >= 0.6 is 0 Å². The van der Waals surface area contributed by atoms with Gasteiger partial charge < -0.3 is 19.6 Å². The molecule has 2 rings (SSSR count). The Hall–Kier alpha value is -1.17. The van der Waals surface area contributed by atoms with Gasteiger partial charge in [-0.05, 0) is 70.6 Å². The normalized spacial score (nSPS) is 23.0. The molecule has 1 fully saturated rings. The van der Waals surface area contributed by atoms with Crippen LogP contribution in [0, 0.1) is 5.82 Å². The summed E-state index contributed by atoms with van der Waals surface area (Å²) in [6.07, 6.45) is 3.66. The maximum absolute atomic E-state index is 12.8. The summed E-state index contributed by atoms with van der Waals surface area (Å²) in [5.41, 5.74) is -0.553. The summed E-state index contributed by atoms with van der Waals surface area (Å²) in [5, 5.41) is 10.7. The number of likely N-dealkylation sites (N-methyl/N-ethyl adjacent to an activating group) is 1. The van der Waals surface area contributed by atoms with Gasteiger partial charge in [-0.1, -0.05) is 0 Å². The Kier molecular flexibility index (Phi) is 6.81. The van der Waals surface area contributed by atoms with Gasteiger partial charge in [-0.15, -0.1) is 0 Å². The molecule has 1 aromatic carbocycles. The van der Waals surface area contributed by atoms with Crippen molar-refractivity contribution in [3.8, 4) is 5.75 Å². The van der Waals surface area contributed by atoms with E-state index in [1.165, 1.54) is 12.1 Å². The Bertz CT molecular complexity index is 467. The summed E-state index contributed by atoms with van der Waals surface area (Å²) in [5.74, 6) is 0.467. The van der Waals surface area contributed by atoms with Crippen molar-refractivity contribution in [2.45, 2.75) is 31.3 Å². The zero-order valence-electron chi connectivity index (χ0n) is 14.3. The summed E-state index contributed by atoms with van der Waals surface area (Å²) in [6, 6.07) is 6.14. The van der Waals surface area contributed by atoms with Gasteiger partial charge >= 0.3 is 0 Å². The average molecular weight is 324 g/mol. The number of aliphatic hydroxyl groups is 1. The van der Waals surface area contributed by atoms with Crippen LogP contribution in [-0.2, 0) is 0 Å². The molecule has 1 atom stereocenters. The van der Waals surface area contributed by atoms with Crippen molar-refractivity contribution in [3.63, 3.8) is 0 Å². The number of likely N-dealkylation sites (tertiary alicyclic amines) is 1. The highest BCUT2D eigenvalue weighted by atomic mass is 19.1. The second-order valence-corrected chi connectivity index (χ2v) is 6.81. The molecule has 4 nitrogen and oxygen atoms in total. The minimum absolute atomic E-state index is 0.243. The van der Waals surface area contributed by atoms with Crippen LogP contribution in [0.4, 0.5) is 4.39 Å². The Labute approximate surface area is 138 Å². The third-order valence-corrected chi connectivity index (χ3v) is 4.32. The van der Waals surface area contributed by atoms with E-state index in [0.29, 0.717) is 12.4 Å². The van der Waals surface area contributed by atoms with Crippen molar-refractivity contribution in [2.75, 3.05) is 46.9 Å². The Morgan fingerprint density at radius 1 is 1.22 bits per heavy atom. The Morgan fingerprint density at radius 3 is 2.65 bits per heavy atom. The quantitative estimate of drug-likeness (QED) is 0.781. The van der Waals surface area contributed by atoms with Gasteiger partial charge in [0.15, 0.2) is 0 Å². The summed E-state index contributed by atoms with van der Waals surface area (Å²) >= 11 is 0. The van der Waals surface area contributed by atoms with E-state index in [0.717, 1.165) is 51.9 Å². The van der Waals surface area contributed by atoms with E-state index in [2.05, 4.69) is 9.80 Å². The van der Waals surface area contributed by atoms with Gasteiger partial charge in [0, 0.05) is 19.6 Å². The van der Waals surface area contributed by atoms with Gasteiger partial charge in [0.05, 0.1) is 12.2 Å². The molecule has 1 saturated heterocycles. The largest absolute Gasteiger partial charge is 0.494 e. The number of ether oxygens (including phenoxy) is 1. The molecule has 0 aromatic heterocycles. The van der Waals surface area contributed by atoms with Gasteiger partial charge in [0.1, 0.15) is 11.6 Å². The monoisotopic (exact) mass is 324 g/mol. The van der Waals surface area contributed by atoms with Gasteiger partial charge in [-0.2, -0.15) is 0 Å². The molecule has 1 aliphatic rings. The van der Waals surface area contributed by atoms with Crippen molar-refractivity contribution in [3.05, 3.63) is 30.1 Å². The lowest BCUT2D eigenvalue weighted by Crippen LogP contribution is -2.41. The fourth-order valence-electron chi connectivity index (χ4n) is 3.21. The predicted octanol–water partition coefficient (Wildman–Crippen LogP) is 2.37. The molecule has 1 aromatic rings. The molecule has 0 aliphatic carbocycles. The number of benzene rings is 1. The zero-order valence-corrected chi connectivity index (χ0v) is 14.3. The first kappa shape index (κ1) is 18.2. The lowest BCUT2D eigenvalue weighted by molar-refractivity contribution is 0.00269. The third-order valence-electron chi connectivity index (χ3n) is 4.32. The second kappa shape index (κ2) is 8.62. The molecular formula is C18H29FN2O2. The SMILES string of the molecule is CN(C)C[C@@]1(O)CCCN(CCCOc2ccc(F)cc2)CC1. The van der Waals surface area contributed by atoms with Crippen LogP contribution in [0.15, 0.2) is 24.3 Å². The van der Waals surface area contributed by atoms with Crippen LogP contribution in [-0.4, -0.2) is 67.4 Å². The average Bonchev–Trinajstić information content (AvgIpc) is 2.67. The van der Waals surface area contributed by atoms with Crippen LogP contribution in [0.5, 0.6) is 5.75 Å². The molecule has 0 amide bonds. The second-order valence-electron chi connectivity index (χ2n) is 6.81. The summed E-state index contributed by atoms with van der Waals surface area (Å²) < 4.78 is 18.4. The number of hydrogen-bond donors (Lipinski definition) is 1. The van der Waals surface area contributed by atoms with Gasteiger partial charge in [0.25, 0.3) is 0 Å². The molecule has 1 N–H and O–H groups in total. The van der Waals surface area contributed by atoms with E-state index in [1.54, 1.807) is 12.1 Å². The topological polar surface area (TPSA) is 35.9 Å². The van der Waals surface area contributed by atoms with Crippen LogP contribution in [0.1, 0.15) is 25.7 Å². The van der Waals surface area contributed by atoms with Crippen LogP contribution in [0.25, 0.3) is 0 Å². The molecule has 0 saturated carbocycles. The Morgan fingerprint density at radius 2 is 1.96 bits per heavy atom. The van der Waals surface area contributed by atoms with E-state index in [-0.39, 0.29) is 5.82 Å². The van der Waals surface area contributed by atoms with Crippen LogP contribution in [0.2, 0.25) is 0 Å². The molecule has 1 aliphatic heterocycles. The van der Waals surface area contributed by atoms with E-state index < -0.39 is 5.60 Å². The van der Waals surface area contributed by atoms with E-state index in [1.807, 2.05) is 14.1 Å². The molecule has 1 heterocycles. The molecule has 5 heteroatoms. The summed E-state index contributed by atoms with van der Waals surface area (Å²) in [6.45, 7) is 4.30. The number of rotatable bonds is 7. The molecule has 0 spiro atoms. The molecule has 130 valence electrons. The minimum atomic E-state index is -0.553. The maximum atomic E-state index is 12.8. The Balaban J connectivity index is 1.67.